The standard InChI is InChI=1S/C8H5F2NS/c1-12-6-3-2-5(4-11)7(9)8(6)10/h2-3H,1H3. The Kier molecular flexibility index (Phi) is 2.66. The molecule has 62 valence electrons. The highest BCUT2D eigenvalue weighted by Crippen LogP contribution is 2.22. The highest BCUT2D eigenvalue weighted by molar-refractivity contribution is 7.98. The summed E-state index contributed by atoms with van der Waals surface area (Å²) >= 11 is 1.10. The van der Waals surface area contributed by atoms with E-state index < -0.39 is 11.6 Å². The van der Waals surface area contributed by atoms with E-state index in [4.69, 9.17) is 5.26 Å². The zero-order chi connectivity index (χ0) is 9.14. The van der Waals surface area contributed by atoms with Crippen LogP contribution >= 0.6 is 11.8 Å². The molecule has 1 nitrogen and oxygen atoms in total. The summed E-state index contributed by atoms with van der Waals surface area (Å²) in [5.41, 5.74) is -0.259. The molecule has 0 unspecified atom stereocenters. The molecule has 0 aromatic heterocycles. The fourth-order valence-corrected chi connectivity index (χ4v) is 1.25. The first-order valence-electron chi connectivity index (χ1n) is 3.12. The van der Waals surface area contributed by atoms with E-state index in [9.17, 15) is 8.78 Å². The first kappa shape index (κ1) is 9.01. The van der Waals surface area contributed by atoms with E-state index in [2.05, 4.69) is 0 Å². The molecule has 0 saturated heterocycles. The molecule has 1 aromatic carbocycles. The molecule has 0 aliphatic heterocycles. The van der Waals surface area contributed by atoms with Crippen LogP contribution in [0.1, 0.15) is 5.56 Å². The van der Waals surface area contributed by atoms with Gasteiger partial charge in [-0.05, 0) is 18.4 Å². The Hall–Kier alpha value is -1.08. The molecular formula is C8H5F2NS. The lowest BCUT2D eigenvalue weighted by molar-refractivity contribution is 0.489. The van der Waals surface area contributed by atoms with Gasteiger partial charge in [0, 0.05) is 4.90 Å². The van der Waals surface area contributed by atoms with Gasteiger partial charge in [0.2, 0.25) is 0 Å². The Bertz CT molecular complexity index is 344. The Balaban J connectivity index is 3.32. The van der Waals surface area contributed by atoms with Crippen molar-refractivity contribution in [1.29, 1.82) is 5.26 Å². The van der Waals surface area contributed by atoms with E-state index in [-0.39, 0.29) is 10.5 Å². The fraction of sp³-hybridized carbons (Fsp3) is 0.125. The predicted molar refractivity (Wildman–Crippen MR) is 42.9 cm³/mol. The number of nitrogens with zero attached hydrogens (tertiary/aromatic N) is 1. The van der Waals surface area contributed by atoms with Crippen molar-refractivity contribution < 1.29 is 8.78 Å². The molecule has 1 aromatic rings. The summed E-state index contributed by atoms with van der Waals surface area (Å²) in [7, 11) is 0. The Morgan fingerprint density at radius 3 is 2.50 bits per heavy atom. The van der Waals surface area contributed by atoms with Gasteiger partial charge in [0.05, 0.1) is 5.56 Å². The van der Waals surface area contributed by atoms with Gasteiger partial charge in [0.15, 0.2) is 11.6 Å². The van der Waals surface area contributed by atoms with Gasteiger partial charge in [-0.2, -0.15) is 5.26 Å². The molecule has 0 N–H and O–H groups in total. The smallest absolute Gasteiger partial charge is 0.177 e. The van der Waals surface area contributed by atoms with Gasteiger partial charge in [-0.25, -0.2) is 8.78 Å². The van der Waals surface area contributed by atoms with Gasteiger partial charge in [0.25, 0.3) is 0 Å². The number of thioether (sulfide) groups is 1. The van der Waals surface area contributed by atoms with E-state index in [0.29, 0.717) is 0 Å². The van der Waals surface area contributed by atoms with Crippen molar-refractivity contribution in [3.63, 3.8) is 0 Å². The molecule has 0 bridgehead atoms. The van der Waals surface area contributed by atoms with Crippen LogP contribution in [0.3, 0.4) is 0 Å². The average Bonchev–Trinajstić information content (AvgIpc) is 2.10. The van der Waals surface area contributed by atoms with Gasteiger partial charge in [0.1, 0.15) is 6.07 Å². The SMILES string of the molecule is CSc1ccc(C#N)c(F)c1F. The van der Waals surface area contributed by atoms with Crippen LogP contribution < -0.4 is 0 Å². The molecule has 1 rings (SSSR count). The maximum atomic E-state index is 12.9. The first-order chi connectivity index (χ1) is 5.70. The number of nitriles is 1. The number of rotatable bonds is 1. The summed E-state index contributed by atoms with van der Waals surface area (Å²) in [5.74, 6) is -2.01. The van der Waals surface area contributed by atoms with Gasteiger partial charge in [-0.3, -0.25) is 0 Å². The second kappa shape index (κ2) is 3.55. The summed E-state index contributed by atoms with van der Waals surface area (Å²) in [4.78, 5) is 0.214. The van der Waals surface area contributed by atoms with Crippen molar-refractivity contribution in [3.8, 4) is 6.07 Å². The summed E-state index contributed by atoms with van der Waals surface area (Å²) in [6.45, 7) is 0. The van der Waals surface area contributed by atoms with Gasteiger partial charge < -0.3 is 0 Å². The highest BCUT2D eigenvalue weighted by Gasteiger charge is 2.11. The van der Waals surface area contributed by atoms with Gasteiger partial charge in [-0.15, -0.1) is 11.8 Å². The molecule has 12 heavy (non-hydrogen) atoms. The second-order valence-corrected chi connectivity index (χ2v) is 2.90. The second-order valence-electron chi connectivity index (χ2n) is 2.06. The number of hydrogen-bond acceptors (Lipinski definition) is 2. The predicted octanol–water partition coefficient (Wildman–Crippen LogP) is 2.56. The maximum absolute atomic E-state index is 12.9. The lowest BCUT2D eigenvalue weighted by atomic mass is 10.2. The normalized spacial score (nSPS) is 9.50. The van der Waals surface area contributed by atoms with E-state index in [1.54, 1.807) is 12.3 Å². The largest absolute Gasteiger partial charge is 0.202 e. The van der Waals surface area contributed by atoms with E-state index in [1.807, 2.05) is 0 Å². The molecule has 0 atom stereocenters. The molecule has 0 radical (unpaired) electrons. The minimum Gasteiger partial charge on any atom is -0.202 e. The highest BCUT2D eigenvalue weighted by atomic mass is 32.2. The molecule has 0 aliphatic carbocycles. The van der Waals surface area contributed by atoms with Crippen molar-refractivity contribution >= 4 is 11.8 Å². The molecule has 0 heterocycles. The molecule has 4 heteroatoms. The van der Waals surface area contributed by atoms with E-state index in [0.717, 1.165) is 11.8 Å². The molecule has 0 aliphatic rings. The van der Waals surface area contributed by atoms with Gasteiger partial charge in [-0.1, -0.05) is 0 Å². The maximum Gasteiger partial charge on any atom is 0.177 e. The van der Waals surface area contributed by atoms with Crippen molar-refractivity contribution in [2.24, 2.45) is 0 Å². The van der Waals surface area contributed by atoms with Crippen LogP contribution in [0.2, 0.25) is 0 Å². The quantitative estimate of drug-likeness (QED) is 0.628. The Morgan fingerprint density at radius 1 is 1.33 bits per heavy atom. The van der Waals surface area contributed by atoms with Gasteiger partial charge >= 0.3 is 0 Å². The minimum absolute atomic E-state index is 0.214. The first-order valence-corrected chi connectivity index (χ1v) is 4.35. The lowest BCUT2D eigenvalue weighted by Crippen LogP contribution is -1.91. The van der Waals surface area contributed by atoms with Crippen LogP contribution in [-0.4, -0.2) is 6.26 Å². The molecule has 0 amide bonds. The monoisotopic (exact) mass is 185 g/mol. The topological polar surface area (TPSA) is 23.8 Å². The third kappa shape index (κ3) is 1.41. The number of benzene rings is 1. The number of halogens is 2. The Morgan fingerprint density at radius 2 is 2.00 bits per heavy atom. The average molecular weight is 185 g/mol. The van der Waals surface area contributed by atoms with Crippen LogP contribution in [0, 0.1) is 23.0 Å². The van der Waals surface area contributed by atoms with Crippen LogP contribution in [0.25, 0.3) is 0 Å². The third-order valence-electron chi connectivity index (χ3n) is 1.39. The van der Waals surface area contributed by atoms with Crippen LogP contribution in [0.5, 0.6) is 0 Å². The van der Waals surface area contributed by atoms with E-state index >= 15 is 0 Å². The zero-order valence-electron chi connectivity index (χ0n) is 6.27. The molecular weight excluding hydrogens is 180 g/mol. The van der Waals surface area contributed by atoms with Crippen LogP contribution in [0.15, 0.2) is 17.0 Å². The summed E-state index contributed by atoms with van der Waals surface area (Å²) in [6, 6.07) is 4.22. The molecule has 0 fully saturated rings. The van der Waals surface area contributed by atoms with Crippen molar-refractivity contribution in [3.05, 3.63) is 29.3 Å². The third-order valence-corrected chi connectivity index (χ3v) is 2.14. The van der Waals surface area contributed by atoms with Crippen molar-refractivity contribution in [2.45, 2.75) is 4.90 Å². The summed E-state index contributed by atoms with van der Waals surface area (Å²) in [5, 5.41) is 8.34. The lowest BCUT2D eigenvalue weighted by Gasteiger charge is -2.00. The minimum atomic E-state index is -1.07. The molecule has 0 spiro atoms. The molecule has 0 saturated carbocycles. The fourth-order valence-electron chi connectivity index (χ4n) is 0.776. The number of hydrogen-bond donors (Lipinski definition) is 0. The summed E-state index contributed by atoms with van der Waals surface area (Å²) < 4.78 is 25.7. The van der Waals surface area contributed by atoms with E-state index in [1.165, 1.54) is 12.1 Å². The van der Waals surface area contributed by atoms with Crippen molar-refractivity contribution in [1.82, 2.24) is 0 Å². The zero-order valence-corrected chi connectivity index (χ0v) is 7.08. The van der Waals surface area contributed by atoms with Crippen molar-refractivity contribution in [2.75, 3.05) is 6.26 Å². The Labute approximate surface area is 73.0 Å². The summed E-state index contributed by atoms with van der Waals surface area (Å²) in [6.07, 6.45) is 1.64. The van der Waals surface area contributed by atoms with Crippen LogP contribution in [0.4, 0.5) is 8.78 Å². The van der Waals surface area contributed by atoms with Crippen LogP contribution in [-0.2, 0) is 0 Å².